The van der Waals surface area contributed by atoms with E-state index in [9.17, 15) is 5.26 Å². The average molecular weight is 301 g/mol. The Bertz CT molecular complexity index is 584. The number of nitriles is 1. The molecule has 0 atom stereocenters. The number of nitrogens with one attached hydrogen (secondary N) is 2. The van der Waals surface area contributed by atoms with E-state index in [1.54, 1.807) is 12.4 Å². The summed E-state index contributed by atoms with van der Waals surface area (Å²) in [6.45, 7) is 3.68. The van der Waals surface area contributed by atoms with E-state index in [-0.39, 0.29) is 24.8 Å². The zero-order valence-electron chi connectivity index (χ0n) is 10.1. The summed E-state index contributed by atoms with van der Waals surface area (Å²) >= 11 is 0. The normalized spacial score (nSPS) is 14.4. The standard InChI is InChI=1S/C11H12N6.2ClH/c12-5-8-6-14-11-9(7-15-16-11)10(8)17-3-1-13-2-4-17;;/h6-7,13H,1-4H2,(H,14,15,16);2*1H. The van der Waals surface area contributed by atoms with Gasteiger partial charge in [-0.15, -0.1) is 24.8 Å². The largest absolute Gasteiger partial charge is 0.367 e. The molecule has 0 amide bonds. The van der Waals surface area contributed by atoms with Crippen LogP contribution in [0.25, 0.3) is 11.0 Å². The monoisotopic (exact) mass is 300 g/mol. The second-order valence-electron chi connectivity index (χ2n) is 4.00. The van der Waals surface area contributed by atoms with E-state index in [0.29, 0.717) is 5.56 Å². The van der Waals surface area contributed by atoms with Gasteiger partial charge < -0.3 is 10.2 Å². The summed E-state index contributed by atoms with van der Waals surface area (Å²) in [5.41, 5.74) is 2.30. The van der Waals surface area contributed by atoms with Crippen molar-refractivity contribution < 1.29 is 0 Å². The first kappa shape index (κ1) is 15.5. The summed E-state index contributed by atoms with van der Waals surface area (Å²) in [7, 11) is 0. The van der Waals surface area contributed by atoms with Gasteiger partial charge in [0.25, 0.3) is 0 Å². The first-order valence-corrected chi connectivity index (χ1v) is 5.58. The van der Waals surface area contributed by atoms with Gasteiger partial charge >= 0.3 is 0 Å². The second-order valence-corrected chi connectivity index (χ2v) is 4.00. The zero-order valence-corrected chi connectivity index (χ0v) is 11.7. The molecule has 102 valence electrons. The van der Waals surface area contributed by atoms with Crippen LogP contribution >= 0.6 is 24.8 Å². The predicted octanol–water partition coefficient (Wildman–Crippen LogP) is 1.08. The summed E-state index contributed by atoms with van der Waals surface area (Å²) in [5.74, 6) is 0. The number of fused-ring (bicyclic) bond motifs is 1. The smallest absolute Gasteiger partial charge is 0.157 e. The summed E-state index contributed by atoms with van der Waals surface area (Å²) in [4.78, 5) is 6.40. The third-order valence-corrected chi connectivity index (χ3v) is 3.01. The molecule has 19 heavy (non-hydrogen) atoms. The number of H-pyrrole nitrogens is 1. The number of nitrogens with zero attached hydrogens (tertiary/aromatic N) is 4. The summed E-state index contributed by atoms with van der Waals surface area (Å²) in [6, 6.07) is 2.21. The maximum absolute atomic E-state index is 9.18. The topological polar surface area (TPSA) is 80.6 Å². The molecule has 1 saturated heterocycles. The highest BCUT2D eigenvalue weighted by atomic mass is 35.5. The van der Waals surface area contributed by atoms with Crippen molar-refractivity contribution in [3.63, 3.8) is 0 Å². The highest BCUT2D eigenvalue weighted by Crippen LogP contribution is 2.28. The molecule has 0 aliphatic carbocycles. The predicted molar refractivity (Wildman–Crippen MR) is 78.2 cm³/mol. The summed E-state index contributed by atoms with van der Waals surface area (Å²) in [6.07, 6.45) is 3.35. The van der Waals surface area contributed by atoms with Crippen LogP contribution in [0.1, 0.15) is 5.56 Å². The van der Waals surface area contributed by atoms with E-state index >= 15 is 0 Å². The molecule has 0 spiro atoms. The van der Waals surface area contributed by atoms with Crippen LogP contribution in [0.15, 0.2) is 12.4 Å². The molecule has 2 aromatic rings. The Morgan fingerprint density at radius 3 is 2.63 bits per heavy atom. The van der Waals surface area contributed by atoms with Crippen molar-refractivity contribution in [3.8, 4) is 6.07 Å². The molecule has 0 saturated carbocycles. The van der Waals surface area contributed by atoms with E-state index in [1.165, 1.54) is 0 Å². The average Bonchev–Trinajstić information content (AvgIpc) is 2.86. The quantitative estimate of drug-likeness (QED) is 0.824. The number of aromatic nitrogens is 3. The highest BCUT2D eigenvalue weighted by Gasteiger charge is 2.18. The molecular formula is C11H14Cl2N6. The zero-order chi connectivity index (χ0) is 11.7. The van der Waals surface area contributed by atoms with E-state index in [2.05, 4.69) is 31.5 Å². The lowest BCUT2D eigenvalue weighted by Crippen LogP contribution is -2.43. The van der Waals surface area contributed by atoms with Gasteiger partial charge in [0.15, 0.2) is 5.65 Å². The van der Waals surface area contributed by atoms with Gasteiger partial charge in [0.1, 0.15) is 6.07 Å². The van der Waals surface area contributed by atoms with Gasteiger partial charge in [0.05, 0.1) is 22.8 Å². The Kier molecular flexibility index (Phi) is 5.36. The minimum atomic E-state index is 0. The molecule has 0 radical (unpaired) electrons. The number of rotatable bonds is 1. The van der Waals surface area contributed by atoms with Crippen LogP contribution < -0.4 is 10.2 Å². The van der Waals surface area contributed by atoms with Crippen LogP contribution in [0, 0.1) is 11.3 Å². The molecule has 0 unspecified atom stereocenters. The molecule has 6 nitrogen and oxygen atoms in total. The van der Waals surface area contributed by atoms with E-state index in [0.717, 1.165) is 42.9 Å². The maximum Gasteiger partial charge on any atom is 0.157 e. The molecule has 1 fully saturated rings. The fourth-order valence-corrected chi connectivity index (χ4v) is 2.20. The summed E-state index contributed by atoms with van der Waals surface area (Å²) < 4.78 is 0. The third-order valence-electron chi connectivity index (χ3n) is 3.01. The number of piperazine rings is 1. The second kappa shape index (κ2) is 6.57. The van der Waals surface area contributed by atoms with Crippen LogP contribution in [0.2, 0.25) is 0 Å². The molecule has 3 rings (SSSR count). The lowest BCUT2D eigenvalue weighted by atomic mass is 10.1. The molecule has 2 aromatic heterocycles. The van der Waals surface area contributed by atoms with Gasteiger partial charge in [-0.2, -0.15) is 10.4 Å². The number of anilines is 1. The van der Waals surface area contributed by atoms with Gasteiger partial charge in [0, 0.05) is 32.4 Å². The number of hydrogen-bond acceptors (Lipinski definition) is 5. The fraction of sp³-hybridized carbons (Fsp3) is 0.364. The first-order valence-electron chi connectivity index (χ1n) is 5.58. The van der Waals surface area contributed by atoms with Crippen LogP contribution in [0.5, 0.6) is 0 Å². The van der Waals surface area contributed by atoms with E-state index in [4.69, 9.17) is 0 Å². The Hall–Kier alpha value is -1.55. The molecule has 0 bridgehead atoms. The molecule has 8 heteroatoms. The highest BCUT2D eigenvalue weighted by molar-refractivity contribution is 5.92. The Balaban J connectivity index is 0.000000902. The lowest BCUT2D eigenvalue weighted by Gasteiger charge is -2.30. The summed E-state index contributed by atoms with van der Waals surface area (Å²) in [5, 5.41) is 20.2. The van der Waals surface area contributed by atoms with Crippen LogP contribution in [0.3, 0.4) is 0 Å². The molecule has 1 aliphatic heterocycles. The Morgan fingerprint density at radius 2 is 1.95 bits per heavy atom. The van der Waals surface area contributed by atoms with Crippen molar-refractivity contribution in [1.82, 2.24) is 20.5 Å². The molecule has 2 N–H and O–H groups in total. The molecular weight excluding hydrogens is 287 g/mol. The van der Waals surface area contributed by atoms with Crippen LogP contribution in [-0.2, 0) is 0 Å². The Labute approximate surface area is 123 Å². The number of halogens is 2. The number of hydrogen-bond donors (Lipinski definition) is 2. The van der Waals surface area contributed by atoms with E-state index in [1.807, 2.05) is 0 Å². The minimum absolute atomic E-state index is 0. The van der Waals surface area contributed by atoms with Crippen molar-refractivity contribution in [2.75, 3.05) is 31.1 Å². The van der Waals surface area contributed by atoms with Gasteiger partial charge in [-0.3, -0.25) is 5.10 Å². The maximum atomic E-state index is 9.18. The van der Waals surface area contributed by atoms with Crippen molar-refractivity contribution in [1.29, 1.82) is 5.26 Å². The fourth-order valence-electron chi connectivity index (χ4n) is 2.20. The first-order chi connectivity index (χ1) is 8.40. The number of pyridine rings is 1. The number of aromatic amines is 1. The Morgan fingerprint density at radius 1 is 1.21 bits per heavy atom. The van der Waals surface area contributed by atoms with E-state index < -0.39 is 0 Å². The van der Waals surface area contributed by atoms with Crippen molar-refractivity contribution in [2.24, 2.45) is 0 Å². The minimum Gasteiger partial charge on any atom is -0.367 e. The van der Waals surface area contributed by atoms with Crippen molar-refractivity contribution >= 4 is 41.5 Å². The van der Waals surface area contributed by atoms with Crippen molar-refractivity contribution in [2.45, 2.75) is 0 Å². The SMILES string of the molecule is Cl.Cl.N#Cc1cnc2[nH]ncc2c1N1CCNCC1. The van der Waals surface area contributed by atoms with Gasteiger partial charge in [0.2, 0.25) is 0 Å². The molecule has 0 aromatic carbocycles. The molecule has 1 aliphatic rings. The van der Waals surface area contributed by atoms with Crippen molar-refractivity contribution in [3.05, 3.63) is 18.0 Å². The third kappa shape index (κ3) is 2.73. The molecule has 3 heterocycles. The lowest BCUT2D eigenvalue weighted by molar-refractivity contribution is 0.590. The van der Waals surface area contributed by atoms with Crippen LogP contribution in [-0.4, -0.2) is 41.4 Å². The van der Waals surface area contributed by atoms with Gasteiger partial charge in [-0.1, -0.05) is 0 Å². The van der Waals surface area contributed by atoms with Gasteiger partial charge in [-0.05, 0) is 0 Å². The van der Waals surface area contributed by atoms with Gasteiger partial charge in [-0.25, -0.2) is 4.98 Å². The van der Waals surface area contributed by atoms with Crippen LogP contribution in [0.4, 0.5) is 5.69 Å².